The lowest BCUT2D eigenvalue weighted by Crippen LogP contribution is -2.44. The number of rotatable bonds is 8. The number of nitrogens with zero attached hydrogens (tertiary/aromatic N) is 4. The second-order valence-corrected chi connectivity index (χ2v) is 9.97. The number of carboxylic acids is 1. The first-order valence-corrected chi connectivity index (χ1v) is 11.2. The third-order valence-electron chi connectivity index (χ3n) is 6.16. The number of hydrogen-bond donors (Lipinski definition) is 3. The Labute approximate surface area is 202 Å². The number of nitriles is 1. The molecule has 0 spiro atoms. The Morgan fingerprint density at radius 2 is 2.06 bits per heavy atom. The van der Waals surface area contributed by atoms with Gasteiger partial charge in [-0.05, 0) is 38.8 Å². The van der Waals surface area contributed by atoms with E-state index in [1.807, 2.05) is 6.07 Å². The van der Waals surface area contributed by atoms with Crippen molar-refractivity contribution in [3.05, 3.63) is 24.2 Å². The van der Waals surface area contributed by atoms with Crippen molar-refractivity contribution >= 4 is 23.3 Å². The van der Waals surface area contributed by atoms with Crippen LogP contribution in [0.15, 0.2) is 18.5 Å². The topological polar surface area (TPSA) is 182 Å². The number of fused-ring (bicyclic) bond motifs is 1. The highest BCUT2D eigenvalue weighted by Gasteiger charge is 2.61. The van der Waals surface area contributed by atoms with Crippen molar-refractivity contribution in [1.82, 2.24) is 14.6 Å². The Morgan fingerprint density at radius 1 is 1.37 bits per heavy atom. The van der Waals surface area contributed by atoms with Gasteiger partial charge in [0.1, 0.15) is 24.0 Å². The Hall–Kier alpha value is -3.27. The van der Waals surface area contributed by atoms with Crippen molar-refractivity contribution < 1.29 is 34.0 Å². The molecular weight excluding hydrogens is 458 g/mol. The van der Waals surface area contributed by atoms with Gasteiger partial charge in [0.2, 0.25) is 5.60 Å². The van der Waals surface area contributed by atoms with E-state index in [1.54, 1.807) is 40.7 Å². The minimum absolute atomic E-state index is 0.162. The zero-order valence-corrected chi connectivity index (χ0v) is 20.3. The molecule has 0 aromatic carbocycles. The third kappa shape index (κ3) is 4.80. The average molecular weight is 490 g/mol. The standard InChI is InChI=1S/C23H31N5O7/c1-12(2)16(20(30)31)17-14(8-33-11-34-21(32)22(3,4)5)35-23(9-24,18(17)29)15-7-6-13-19(25)26-10-27-28(13)15/h6-7,10,12,14,16-18,29H,8,11H2,1-5H3,(H,30,31)(H2,25,26,27)/t14?,16?,17-,18+,23-/m0/s1. The van der Waals surface area contributed by atoms with Crippen molar-refractivity contribution in [3.63, 3.8) is 0 Å². The van der Waals surface area contributed by atoms with Gasteiger partial charge in [0.15, 0.2) is 12.6 Å². The van der Waals surface area contributed by atoms with E-state index >= 15 is 0 Å². The number of anilines is 1. The normalized spacial score (nSPS) is 25.5. The maximum Gasteiger partial charge on any atom is 0.313 e. The maximum atomic E-state index is 12.2. The van der Waals surface area contributed by atoms with E-state index in [0.29, 0.717) is 5.52 Å². The number of aromatic nitrogens is 3. The summed E-state index contributed by atoms with van der Waals surface area (Å²) < 4.78 is 18.1. The summed E-state index contributed by atoms with van der Waals surface area (Å²) in [5.74, 6) is -3.93. The number of ether oxygens (including phenoxy) is 3. The number of carbonyl (C=O) groups is 2. The second-order valence-electron chi connectivity index (χ2n) is 9.97. The predicted molar refractivity (Wildman–Crippen MR) is 121 cm³/mol. The molecule has 1 saturated heterocycles. The summed E-state index contributed by atoms with van der Waals surface area (Å²) in [6, 6.07) is 5.15. The fourth-order valence-corrected chi connectivity index (χ4v) is 4.40. The van der Waals surface area contributed by atoms with E-state index in [2.05, 4.69) is 10.1 Å². The molecule has 2 aromatic heterocycles. The molecule has 0 radical (unpaired) electrons. The first-order valence-electron chi connectivity index (χ1n) is 11.2. The molecule has 4 N–H and O–H groups in total. The molecule has 1 aliphatic heterocycles. The van der Waals surface area contributed by atoms with Gasteiger partial charge in [-0.15, -0.1) is 0 Å². The van der Waals surface area contributed by atoms with Crippen LogP contribution in [0.4, 0.5) is 5.82 Å². The lowest BCUT2D eigenvalue weighted by atomic mass is 9.74. The fourth-order valence-electron chi connectivity index (χ4n) is 4.40. The summed E-state index contributed by atoms with van der Waals surface area (Å²) >= 11 is 0. The van der Waals surface area contributed by atoms with Gasteiger partial charge in [0, 0.05) is 5.92 Å². The van der Waals surface area contributed by atoms with Crippen LogP contribution >= 0.6 is 0 Å². The van der Waals surface area contributed by atoms with Crippen molar-refractivity contribution in [3.8, 4) is 6.07 Å². The molecule has 0 amide bonds. The van der Waals surface area contributed by atoms with E-state index in [9.17, 15) is 25.1 Å². The Bertz CT molecular complexity index is 1140. The molecule has 35 heavy (non-hydrogen) atoms. The SMILES string of the molecule is CC(C)C(C(=O)O)[C@@H]1C(COCOC(=O)C(C)(C)C)O[C@@](C#N)(c2ccc3c(N)ncnn23)[C@@H]1O. The quantitative estimate of drug-likeness (QED) is 0.276. The molecule has 1 fully saturated rings. The van der Waals surface area contributed by atoms with E-state index < -0.39 is 59.7 Å². The van der Waals surface area contributed by atoms with Gasteiger partial charge in [-0.2, -0.15) is 10.4 Å². The van der Waals surface area contributed by atoms with Crippen LogP contribution in [0.1, 0.15) is 40.3 Å². The maximum absolute atomic E-state index is 12.2. The van der Waals surface area contributed by atoms with Gasteiger partial charge in [-0.25, -0.2) is 9.50 Å². The zero-order valence-electron chi connectivity index (χ0n) is 20.3. The average Bonchev–Trinajstić information content (AvgIpc) is 3.32. The molecule has 0 bridgehead atoms. The van der Waals surface area contributed by atoms with Crippen LogP contribution in [-0.4, -0.2) is 62.4 Å². The summed E-state index contributed by atoms with van der Waals surface area (Å²) in [6.45, 7) is 7.89. The molecule has 3 rings (SSSR count). The third-order valence-corrected chi connectivity index (χ3v) is 6.16. The molecular formula is C23H31N5O7. The Kier molecular flexibility index (Phi) is 7.35. The number of aliphatic hydroxyl groups is 1. The number of nitrogens with two attached hydrogens (primary N) is 1. The molecule has 0 aliphatic carbocycles. The Balaban J connectivity index is 1.97. The van der Waals surface area contributed by atoms with Gasteiger partial charge in [-0.3, -0.25) is 9.59 Å². The number of aliphatic carboxylic acids is 1. The molecule has 2 unspecified atom stereocenters. The molecule has 1 aliphatic rings. The second kappa shape index (κ2) is 9.77. The summed E-state index contributed by atoms with van der Waals surface area (Å²) in [6.07, 6.45) is -1.35. The van der Waals surface area contributed by atoms with Crippen molar-refractivity contribution in [2.45, 2.75) is 52.4 Å². The number of nitrogen functional groups attached to an aromatic ring is 1. The molecule has 12 nitrogen and oxygen atoms in total. The Morgan fingerprint density at radius 3 is 2.63 bits per heavy atom. The molecule has 0 saturated carbocycles. The number of aliphatic hydroxyl groups excluding tert-OH is 1. The number of carbonyl (C=O) groups excluding carboxylic acids is 1. The van der Waals surface area contributed by atoms with E-state index in [-0.39, 0.29) is 18.1 Å². The van der Waals surface area contributed by atoms with Crippen LogP contribution in [-0.2, 0) is 29.4 Å². The van der Waals surface area contributed by atoms with Crippen LogP contribution < -0.4 is 5.73 Å². The van der Waals surface area contributed by atoms with Gasteiger partial charge in [-0.1, -0.05) is 13.8 Å². The lowest BCUT2D eigenvalue weighted by Gasteiger charge is -2.30. The van der Waals surface area contributed by atoms with Crippen LogP contribution in [0.5, 0.6) is 0 Å². The summed E-state index contributed by atoms with van der Waals surface area (Å²) in [4.78, 5) is 28.1. The van der Waals surface area contributed by atoms with Crippen molar-refractivity contribution in [2.75, 3.05) is 19.1 Å². The molecule has 5 atom stereocenters. The van der Waals surface area contributed by atoms with Gasteiger partial charge >= 0.3 is 11.9 Å². The van der Waals surface area contributed by atoms with Gasteiger partial charge in [0.05, 0.1) is 29.7 Å². The van der Waals surface area contributed by atoms with E-state index in [4.69, 9.17) is 19.9 Å². The molecule has 12 heteroatoms. The monoisotopic (exact) mass is 489 g/mol. The van der Waals surface area contributed by atoms with Gasteiger partial charge < -0.3 is 30.2 Å². The minimum atomic E-state index is -1.96. The molecule has 3 heterocycles. The van der Waals surface area contributed by atoms with Crippen LogP contribution in [0.25, 0.3) is 5.52 Å². The number of esters is 1. The summed E-state index contributed by atoms with van der Waals surface area (Å²) in [7, 11) is 0. The van der Waals surface area contributed by atoms with Crippen LogP contribution in [0.2, 0.25) is 0 Å². The first-order chi connectivity index (χ1) is 16.3. The summed E-state index contributed by atoms with van der Waals surface area (Å²) in [5.41, 5.74) is 3.80. The van der Waals surface area contributed by atoms with Crippen LogP contribution in [0, 0.1) is 34.5 Å². The molecule has 2 aromatic rings. The van der Waals surface area contributed by atoms with Crippen molar-refractivity contribution in [2.24, 2.45) is 23.2 Å². The summed E-state index contributed by atoms with van der Waals surface area (Å²) in [5, 5.41) is 35.8. The fraction of sp³-hybridized carbons (Fsp3) is 0.609. The van der Waals surface area contributed by atoms with Crippen LogP contribution in [0.3, 0.4) is 0 Å². The lowest BCUT2D eigenvalue weighted by molar-refractivity contribution is -0.170. The highest BCUT2D eigenvalue weighted by atomic mass is 16.7. The smallest absolute Gasteiger partial charge is 0.313 e. The van der Waals surface area contributed by atoms with Gasteiger partial charge in [0.25, 0.3) is 0 Å². The minimum Gasteiger partial charge on any atom is -0.481 e. The molecule has 190 valence electrons. The largest absolute Gasteiger partial charge is 0.481 e. The number of hydrogen-bond acceptors (Lipinski definition) is 10. The zero-order chi connectivity index (χ0) is 26.1. The highest BCUT2D eigenvalue weighted by Crippen LogP contribution is 2.47. The highest BCUT2D eigenvalue weighted by molar-refractivity contribution is 5.75. The van der Waals surface area contributed by atoms with E-state index in [0.717, 1.165) is 0 Å². The predicted octanol–water partition coefficient (Wildman–Crippen LogP) is 1.33. The first kappa shape index (κ1) is 26.3. The van der Waals surface area contributed by atoms with E-state index in [1.165, 1.54) is 16.9 Å². The number of carboxylic acid groups (broad SMARTS) is 1. The van der Waals surface area contributed by atoms with Crippen molar-refractivity contribution in [1.29, 1.82) is 5.26 Å².